The van der Waals surface area contributed by atoms with Gasteiger partial charge in [-0.15, -0.1) is 6.58 Å². The summed E-state index contributed by atoms with van der Waals surface area (Å²) in [5.41, 5.74) is 2.47. The Kier molecular flexibility index (Phi) is 6.00. The summed E-state index contributed by atoms with van der Waals surface area (Å²) in [4.78, 5) is 48.1. The molecule has 0 aliphatic rings. The number of benzene rings is 1. The molecule has 1 aromatic rings. The number of carbonyl (C=O) groups is 4. The molecule has 1 rings (SSSR count). The summed E-state index contributed by atoms with van der Waals surface area (Å²) in [6.07, 6.45) is 1.34. The van der Waals surface area contributed by atoms with Gasteiger partial charge in [0.1, 0.15) is 0 Å². The molecule has 0 saturated carbocycles. The Morgan fingerprint density at radius 3 is 2.14 bits per heavy atom. The van der Waals surface area contributed by atoms with E-state index in [2.05, 4.69) is 12.0 Å². The van der Waals surface area contributed by atoms with E-state index in [0.717, 1.165) is 11.8 Å². The fraction of sp³-hybridized carbons (Fsp3) is 0.200. The van der Waals surface area contributed by atoms with Crippen LogP contribution in [0.2, 0.25) is 0 Å². The maximum absolute atomic E-state index is 12.2. The Labute approximate surface area is 128 Å². The number of imide groups is 2. The number of nitrogens with zero attached hydrogens (tertiary/aromatic N) is 2. The Morgan fingerprint density at radius 2 is 1.68 bits per heavy atom. The van der Waals surface area contributed by atoms with Crippen molar-refractivity contribution in [1.29, 1.82) is 0 Å². The molecule has 0 heterocycles. The zero-order valence-corrected chi connectivity index (χ0v) is 12.4. The van der Waals surface area contributed by atoms with Gasteiger partial charge in [-0.25, -0.2) is 4.79 Å². The minimum Gasteiger partial charge on any atom is -0.275 e. The molecule has 0 atom stereocenters. The average molecular weight is 303 g/mol. The number of hydrogen-bond acceptors (Lipinski definition) is 4. The van der Waals surface area contributed by atoms with Gasteiger partial charge in [-0.2, -0.15) is 5.01 Å². The molecule has 0 radical (unpaired) electrons. The van der Waals surface area contributed by atoms with Crippen LogP contribution in [0.3, 0.4) is 0 Å². The number of hydrogen-bond donors (Lipinski definition) is 1. The molecule has 0 aliphatic heterocycles. The fourth-order valence-corrected chi connectivity index (χ4v) is 1.61. The number of amides is 5. The number of carbonyl (C=O) groups excluding carboxylic acids is 4. The lowest BCUT2D eigenvalue weighted by Gasteiger charge is -2.25. The molecule has 0 fully saturated rings. The molecule has 0 spiro atoms. The smallest absolute Gasteiger partial charge is 0.275 e. The van der Waals surface area contributed by atoms with Crippen LogP contribution in [-0.2, 0) is 9.59 Å². The predicted molar refractivity (Wildman–Crippen MR) is 79.4 cm³/mol. The van der Waals surface area contributed by atoms with Crippen LogP contribution in [0.15, 0.2) is 43.0 Å². The van der Waals surface area contributed by atoms with Gasteiger partial charge in [0.15, 0.2) is 0 Å². The summed E-state index contributed by atoms with van der Waals surface area (Å²) >= 11 is 0. The lowest BCUT2D eigenvalue weighted by molar-refractivity contribution is -0.130. The third-order valence-corrected chi connectivity index (χ3v) is 2.68. The van der Waals surface area contributed by atoms with Gasteiger partial charge in [0.2, 0.25) is 11.8 Å². The summed E-state index contributed by atoms with van der Waals surface area (Å²) in [5, 5.41) is 0.500. The van der Waals surface area contributed by atoms with Crippen LogP contribution in [-0.4, -0.2) is 40.2 Å². The van der Waals surface area contributed by atoms with Crippen molar-refractivity contribution in [2.75, 3.05) is 6.54 Å². The van der Waals surface area contributed by atoms with Crippen LogP contribution < -0.4 is 5.43 Å². The zero-order valence-electron chi connectivity index (χ0n) is 12.4. The van der Waals surface area contributed by atoms with Gasteiger partial charge in [0, 0.05) is 26.0 Å². The van der Waals surface area contributed by atoms with Crippen LogP contribution in [0, 0.1) is 0 Å². The first-order valence-corrected chi connectivity index (χ1v) is 6.48. The van der Waals surface area contributed by atoms with Crippen molar-refractivity contribution in [3.63, 3.8) is 0 Å². The van der Waals surface area contributed by atoms with Crippen molar-refractivity contribution in [2.24, 2.45) is 0 Å². The molecule has 5 amide bonds. The Bertz CT molecular complexity index is 598. The lowest BCUT2D eigenvalue weighted by Crippen LogP contribution is -2.55. The van der Waals surface area contributed by atoms with E-state index in [1.54, 1.807) is 18.2 Å². The van der Waals surface area contributed by atoms with Gasteiger partial charge >= 0.3 is 6.03 Å². The molecule has 0 aromatic heterocycles. The highest BCUT2D eigenvalue weighted by molar-refractivity contribution is 6.04. The Hall–Kier alpha value is -2.96. The minimum absolute atomic E-state index is 0.0703. The first kappa shape index (κ1) is 17.1. The third kappa shape index (κ3) is 4.27. The van der Waals surface area contributed by atoms with Crippen molar-refractivity contribution in [1.82, 2.24) is 15.3 Å². The SMILES string of the molecule is C=CCN(C(C)=O)C(=O)N(NC(=O)c1ccccc1)C(C)=O. The summed E-state index contributed by atoms with van der Waals surface area (Å²) in [6.45, 7) is 5.66. The standard InChI is InChI=1S/C15H17N3O4/c1-4-10-17(11(2)19)15(22)18(12(3)20)16-14(21)13-8-6-5-7-9-13/h4-9H,1,10H2,2-3H3,(H,16,21). The van der Waals surface area contributed by atoms with Crippen molar-refractivity contribution >= 4 is 23.8 Å². The molecule has 0 unspecified atom stereocenters. The molecule has 0 bridgehead atoms. The topological polar surface area (TPSA) is 86.8 Å². The largest absolute Gasteiger partial charge is 0.353 e. The molecular formula is C15H17N3O4. The van der Waals surface area contributed by atoms with Gasteiger partial charge < -0.3 is 0 Å². The quantitative estimate of drug-likeness (QED) is 0.674. The van der Waals surface area contributed by atoms with E-state index >= 15 is 0 Å². The van der Waals surface area contributed by atoms with E-state index in [1.165, 1.54) is 25.1 Å². The number of hydrazine groups is 1. The molecule has 22 heavy (non-hydrogen) atoms. The van der Waals surface area contributed by atoms with Crippen molar-refractivity contribution in [3.8, 4) is 0 Å². The van der Waals surface area contributed by atoms with Crippen LogP contribution in [0.25, 0.3) is 0 Å². The highest BCUT2D eigenvalue weighted by atomic mass is 16.2. The van der Waals surface area contributed by atoms with Crippen molar-refractivity contribution in [3.05, 3.63) is 48.6 Å². The van der Waals surface area contributed by atoms with E-state index < -0.39 is 23.8 Å². The molecule has 1 aromatic carbocycles. The fourth-order valence-electron chi connectivity index (χ4n) is 1.61. The van der Waals surface area contributed by atoms with E-state index in [1.807, 2.05) is 0 Å². The first-order valence-electron chi connectivity index (χ1n) is 6.48. The Balaban J connectivity index is 2.96. The second kappa shape index (κ2) is 7.72. The maximum Gasteiger partial charge on any atom is 0.353 e. The van der Waals surface area contributed by atoms with Gasteiger partial charge in [0.05, 0.1) is 0 Å². The van der Waals surface area contributed by atoms with Gasteiger partial charge in [-0.3, -0.25) is 24.7 Å². The number of nitrogens with one attached hydrogen (secondary N) is 1. The van der Waals surface area contributed by atoms with Crippen LogP contribution in [0.1, 0.15) is 24.2 Å². The first-order chi connectivity index (χ1) is 10.4. The summed E-state index contributed by atoms with van der Waals surface area (Å²) < 4.78 is 0. The molecule has 7 heteroatoms. The number of urea groups is 1. The second-order valence-corrected chi connectivity index (χ2v) is 4.36. The molecule has 0 saturated heterocycles. The monoisotopic (exact) mass is 303 g/mol. The number of rotatable bonds is 3. The molecule has 116 valence electrons. The van der Waals surface area contributed by atoms with Gasteiger partial charge in [-0.1, -0.05) is 24.3 Å². The van der Waals surface area contributed by atoms with Crippen LogP contribution in [0.4, 0.5) is 4.79 Å². The second-order valence-electron chi connectivity index (χ2n) is 4.36. The third-order valence-electron chi connectivity index (χ3n) is 2.68. The normalized spacial score (nSPS) is 9.55. The Morgan fingerprint density at radius 1 is 1.09 bits per heavy atom. The van der Waals surface area contributed by atoms with Crippen LogP contribution in [0.5, 0.6) is 0 Å². The van der Waals surface area contributed by atoms with Gasteiger partial charge in [-0.05, 0) is 12.1 Å². The zero-order chi connectivity index (χ0) is 16.7. The van der Waals surface area contributed by atoms with E-state index in [4.69, 9.17) is 0 Å². The van der Waals surface area contributed by atoms with Crippen LogP contribution >= 0.6 is 0 Å². The van der Waals surface area contributed by atoms with E-state index in [9.17, 15) is 19.2 Å². The van der Waals surface area contributed by atoms with E-state index in [-0.39, 0.29) is 12.1 Å². The molecular weight excluding hydrogens is 286 g/mol. The summed E-state index contributed by atoms with van der Waals surface area (Å²) in [5.74, 6) is -1.92. The maximum atomic E-state index is 12.2. The highest BCUT2D eigenvalue weighted by Gasteiger charge is 2.28. The summed E-state index contributed by atoms with van der Waals surface area (Å²) in [7, 11) is 0. The average Bonchev–Trinajstić information content (AvgIpc) is 2.49. The lowest BCUT2D eigenvalue weighted by atomic mass is 10.2. The molecule has 7 nitrogen and oxygen atoms in total. The highest BCUT2D eigenvalue weighted by Crippen LogP contribution is 2.03. The minimum atomic E-state index is -0.941. The predicted octanol–water partition coefficient (Wildman–Crippen LogP) is 1.33. The van der Waals surface area contributed by atoms with Gasteiger partial charge in [0.25, 0.3) is 5.91 Å². The molecule has 0 aliphatic carbocycles. The molecule has 1 N–H and O–H groups in total. The van der Waals surface area contributed by atoms with Crippen molar-refractivity contribution < 1.29 is 19.2 Å². The van der Waals surface area contributed by atoms with E-state index in [0.29, 0.717) is 5.01 Å². The van der Waals surface area contributed by atoms with Crippen molar-refractivity contribution in [2.45, 2.75) is 13.8 Å². The summed E-state index contributed by atoms with van der Waals surface area (Å²) in [6, 6.07) is 7.15.